The van der Waals surface area contributed by atoms with Gasteiger partial charge in [0.05, 0.1) is 0 Å². The van der Waals surface area contributed by atoms with Gasteiger partial charge in [-0.05, 0) is 67.4 Å². The predicted octanol–water partition coefficient (Wildman–Crippen LogP) is 9.44. The van der Waals surface area contributed by atoms with Gasteiger partial charge < -0.3 is 0 Å². The Morgan fingerprint density at radius 1 is 0.515 bits per heavy atom. The van der Waals surface area contributed by atoms with Crippen LogP contribution in [0.5, 0.6) is 0 Å². The van der Waals surface area contributed by atoms with Gasteiger partial charge in [-0.15, -0.1) is 0 Å². The van der Waals surface area contributed by atoms with Crippen molar-refractivity contribution in [3.05, 3.63) is 131 Å². The standard InChI is InChI=1S/C32H42O/c1-27(2)15-10-18-30(5)21-13-23-31(6)22-11-19-28(3)16-8-9-17-29(4)20-12-24-32(7)25-14-26-33/h8-9,11-17,19-26H,10,18H2,1-7H3. The first-order valence-electron chi connectivity index (χ1n) is 11.6. The van der Waals surface area contributed by atoms with Gasteiger partial charge in [-0.3, -0.25) is 4.79 Å². The molecular formula is C32H42O. The van der Waals surface area contributed by atoms with Crippen LogP contribution in [0, 0.1) is 0 Å². The molecular weight excluding hydrogens is 400 g/mol. The molecule has 0 aromatic rings. The molecule has 0 aliphatic carbocycles. The van der Waals surface area contributed by atoms with E-state index in [0.29, 0.717) is 0 Å². The molecule has 0 fully saturated rings. The molecule has 0 heterocycles. The molecule has 0 saturated heterocycles. The minimum absolute atomic E-state index is 0.782. The number of carbonyl (C=O) groups excluding carboxylic acids is 1. The Morgan fingerprint density at radius 3 is 1.33 bits per heavy atom. The van der Waals surface area contributed by atoms with Crippen molar-refractivity contribution in [3.8, 4) is 0 Å². The molecule has 0 unspecified atom stereocenters. The molecule has 0 atom stereocenters. The van der Waals surface area contributed by atoms with Crippen molar-refractivity contribution in [2.75, 3.05) is 0 Å². The zero-order valence-corrected chi connectivity index (χ0v) is 21.6. The summed E-state index contributed by atoms with van der Waals surface area (Å²) in [5.74, 6) is 0. The molecule has 0 spiro atoms. The summed E-state index contributed by atoms with van der Waals surface area (Å²) in [4.78, 5) is 10.3. The van der Waals surface area contributed by atoms with E-state index in [0.717, 1.165) is 30.3 Å². The third-order valence-corrected chi connectivity index (χ3v) is 4.53. The number of carbonyl (C=O) groups is 1. The van der Waals surface area contributed by atoms with Crippen molar-refractivity contribution in [1.82, 2.24) is 0 Å². The minimum atomic E-state index is 0.782. The summed E-state index contributed by atoms with van der Waals surface area (Å²) in [5, 5.41) is 0. The summed E-state index contributed by atoms with van der Waals surface area (Å²) in [7, 11) is 0. The van der Waals surface area contributed by atoms with E-state index < -0.39 is 0 Å². The number of allylic oxidation sites excluding steroid dienone is 22. The summed E-state index contributed by atoms with van der Waals surface area (Å²) in [6.07, 6.45) is 35.6. The molecule has 0 N–H and O–H groups in total. The summed E-state index contributed by atoms with van der Waals surface area (Å²) in [6, 6.07) is 0. The molecule has 1 nitrogen and oxygen atoms in total. The lowest BCUT2D eigenvalue weighted by molar-refractivity contribution is -0.104. The van der Waals surface area contributed by atoms with Crippen molar-refractivity contribution in [2.24, 2.45) is 0 Å². The van der Waals surface area contributed by atoms with Crippen LogP contribution in [0.25, 0.3) is 0 Å². The maximum Gasteiger partial charge on any atom is 0.142 e. The Hall–Kier alpha value is -3.19. The van der Waals surface area contributed by atoms with Gasteiger partial charge in [0.2, 0.25) is 0 Å². The number of aldehydes is 1. The third-order valence-electron chi connectivity index (χ3n) is 4.53. The average molecular weight is 443 g/mol. The fourth-order valence-corrected chi connectivity index (χ4v) is 2.57. The highest BCUT2D eigenvalue weighted by Gasteiger charge is 1.87. The van der Waals surface area contributed by atoms with Crippen molar-refractivity contribution >= 4 is 6.29 Å². The summed E-state index contributed by atoms with van der Waals surface area (Å²) in [5.41, 5.74) is 7.38. The van der Waals surface area contributed by atoms with Crippen molar-refractivity contribution in [3.63, 3.8) is 0 Å². The molecule has 0 radical (unpaired) electrons. The Bertz CT molecular complexity index is 925. The number of hydrogen-bond acceptors (Lipinski definition) is 1. The van der Waals surface area contributed by atoms with Gasteiger partial charge in [0.25, 0.3) is 0 Å². The second-order valence-corrected chi connectivity index (χ2v) is 8.43. The molecule has 1 heteroatoms. The average Bonchev–Trinajstić information content (AvgIpc) is 2.75. The van der Waals surface area contributed by atoms with E-state index in [9.17, 15) is 4.79 Å². The highest BCUT2D eigenvalue weighted by atomic mass is 16.1. The van der Waals surface area contributed by atoms with Crippen LogP contribution in [0.1, 0.15) is 61.3 Å². The lowest BCUT2D eigenvalue weighted by atomic mass is 10.1. The van der Waals surface area contributed by atoms with Crippen LogP contribution >= 0.6 is 0 Å². The van der Waals surface area contributed by atoms with E-state index >= 15 is 0 Å². The summed E-state index contributed by atoms with van der Waals surface area (Å²) < 4.78 is 0. The molecule has 0 bridgehead atoms. The van der Waals surface area contributed by atoms with Crippen molar-refractivity contribution < 1.29 is 4.79 Å². The fraction of sp³-hybridized carbons (Fsp3) is 0.281. The second kappa shape index (κ2) is 19.5. The molecule has 0 aliphatic rings. The zero-order valence-electron chi connectivity index (χ0n) is 21.6. The van der Waals surface area contributed by atoms with Crippen LogP contribution in [-0.2, 0) is 4.79 Å². The van der Waals surface area contributed by atoms with Gasteiger partial charge >= 0.3 is 0 Å². The van der Waals surface area contributed by atoms with Gasteiger partial charge in [0.15, 0.2) is 0 Å². The topological polar surface area (TPSA) is 17.1 Å². The van der Waals surface area contributed by atoms with E-state index in [1.165, 1.54) is 28.4 Å². The molecule has 0 aliphatic heterocycles. The monoisotopic (exact) mass is 442 g/mol. The number of hydrogen-bond donors (Lipinski definition) is 0. The lowest BCUT2D eigenvalue weighted by Crippen LogP contribution is -1.76. The van der Waals surface area contributed by atoms with E-state index in [1.807, 2.05) is 37.3 Å². The van der Waals surface area contributed by atoms with Gasteiger partial charge in [-0.1, -0.05) is 125 Å². The molecule has 0 amide bonds. The molecule has 0 aromatic heterocycles. The Balaban J connectivity index is 4.66. The first-order chi connectivity index (χ1) is 15.7. The van der Waals surface area contributed by atoms with Gasteiger partial charge in [-0.25, -0.2) is 0 Å². The largest absolute Gasteiger partial charge is 0.299 e. The van der Waals surface area contributed by atoms with Crippen LogP contribution in [0.2, 0.25) is 0 Å². The predicted molar refractivity (Wildman–Crippen MR) is 149 cm³/mol. The highest BCUT2D eigenvalue weighted by molar-refractivity contribution is 5.65. The van der Waals surface area contributed by atoms with Crippen LogP contribution in [-0.4, -0.2) is 6.29 Å². The lowest BCUT2D eigenvalue weighted by Gasteiger charge is -1.96. The van der Waals surface area contributed by atoms with Gasteiger partial charge in [0.1, 0.15) is 6.29 Å². The maximum atomic E-state index is 10.3. The normalized spacial score (nSPS) is 15.2. The van der Waals surface area contributed by atoms with Gasteiger partial charge in [-0.2, -0.15) is 0 Å². The maximum absolute atomic E-state index is 10.3. The van der Waals surface area contributed by atoms with Crippen LogP contribution in [0.4, 0.5) is 0 Å². The quantitative estimate of drug-likeness (QED) is 0.120. The Morgan fingerprint density at radius 2 is 0.909 bits per heavy atom. The van der Waals surface area contributed by atoms with E-state index in [-0.39, 0.29) is 0 Å². The molecule has 176 valence electrons. The van der Waals surface area contributed by atoms with Crippen LogP contribution in [0.15, 0.2) is 131 Å². The summed E-state index contributed by atoms with van der Waals surface area (Å²) in [6.45, 7) is 14.7. The summed E-state index contributed by atoms with van der Waals surface area (Å²) >= 11 is 0. The smallest absolute Gasteiger partial charge is 0.142 e. The number of rotatable bonds is 13. The van der Waals surface area contributed by atoms with E-state index in [2.05, 4.69) is 96.2 Å². The van der Waals surface area contributed by atoms with Crippen LogP contribution < -0.4 is 0 Å². The van der Waals surface area contributed by atoms with Gasteiger partial charge in [0, 0.05) is 0 Å². The molecule has 0 aromatic carbocycles. The van der Waals surface area contributed by atoms with E-state index in [1.54, 1.807) is 6.08 Å². The Kier molecular flexibility index (Phi) is 17.6. The third kappa shape index (κ3) is 20.5. The first kappa shape index (κ1) is 29.8. The first-order valence-corrected chi connectivity index (χ1v) is 11.6. The fourth-order valence-electron chi connectivity index (χ4n) is 2.57. The van der Waals surface area contributed by atoms with Crippen molar-refractivity contribution in [1.29, 1.82) is 0 Å². The minimum Gasteiger partial charge on any atom is -0.299 e. The highest BCUT2D eigenvalue weighted by Crippen LogP contribution is 2.07. The van der Waals surface area contributed by atoms with Crippen molar-refractivity contribution in [2.45, 2.75) is 61.3 Å². The van der Waals surface area contributed by atoms with Crippen LogP contribution in [0.3, 0.4) is 0 Å². The SMILES string of the molecule is CC(C)=CCCC(C)=CC=CC(C)=CC=CC(C)=CC=CC=C(C)C=CC=C(C)C=CC=O. The molecule has 33 heavy (non-hydrogen) atoms. The Labute approximate surface area is 203 Å². The molecule has 0 rings (SSSR count). The molecule has 0 saturated carbocycles. The van der Waals surface area contributed by atoms with E-state index in [4.69, 9.17) is 0 Å². The second-order valence-electron chi connectivity index (χ2n) is 8.43. The zero-order chi connectivity index (χ0) is 24.9.